The van der Waals surface area contributed by atoms with Crippen LogP contribution in [0.4, 0.5) is 11.4 Å². The Morgan fingerprint density at radius 1 is 1.12 bits per heavy atom. The smallest absolute Gasteiger partial charge is 0.269 e. The molecular weight excluding hydrogens is 380 g/mol. The highest BCUT2D eigenvalue weighted by molar-refractivity contribution is 9.10. The Morgan fingerprint density at radius 2 is 1.96 bits per heavy atom. The molecule has 2 aromatic carbocycles. The molecule has 4 nitrogen and oxygen atoms in total. The van der Waals surface area contributed by atoms with Gasteiger partial charge in [-0.25, -0.2) is 0 Å². The van der Waals surface area contributed by atoms with Crippen molar-refractivity contribution < 1.29 is 4.92 Å². The average Bonchev–Trinajstić information content (AvgIpc) is 3.22. The topological polar surface area (TPSA) is 55.2 Å². The number of halogens is 1. The maximum Gasteiger partial charge on any atom is 0.269 e. The van der Waals surface area contributed by atoms with Crippen molar-refractivity contribution in [1.29, 1.82) is 0 Å². The fourth-order valence-electron chi connectivity index (χ4n) is 5.62. The quantitative estimate of drug-likeness (QED) is 0.524. The molecule has 128 valence electrons. The molecule has 0 amide bonds. The molecular formula is C20H19BrN2O2. The molecule has 1 heterocycles. The molecule has 0 radical (unpaired) electrons. The van der Waals surface area contributed by atoms with Crippen LogP contribution < -0.4 is 5.32 Å². The lowest BCUT2D eigenvalue weighted by atomic mass is 9.68. The Balaban J connectivity index is 1.64. The van der Waals surface area contributed by atoms with Crippen LogP contribution in [-0.2, 0) is 0 Å². The molecule has 2 fully saturated rings. The lowest BCUT2D eigenvalue weighted by Crippen LogP contribution is -2.35. The fourth-order valence-corrected chi connectivity index (χ4v) is 6.03. The van der Waals surface area contributed by atoms with Gasteiger partial charge in [0, 0.05) is 22.3 Å². The lowest BCUT2D eigenvalue weighted by molar-refractivity contribution is -0.384. The van der Waals surface area contributed by atoms with Gasteiger partial charge in [0.2, 0.25) is 0 Å². The van der Waals surface area contributed by atoms with Gasteiger partial charge < -0.3 is 5.32 Å². The highest BCUT2D eigenvalue weighted by Crippen LogP contribution is 2.63. The zero-order valence-corrected chi connectivity index (χ0v) is 15.3. The second kappa shape index (κ2) is 5.56. The zero-order chi connectivity index (χ0) is 17.1. The fraction of sp³-hybridized carbons (Fsp3) is 0.400. The largest absolute Gasteiger partial charge is 0.378 e. The first-order chi connectivity index (χ1) is 12.1. The van der Waals surface area contributed by atoms with Crippen molar-refractivity contribution in [3.8, 4) is 0 Å². The molecule has 25 heavy (non-hydrogen) atoms. The average molecular weight is 399 g/mol. The van der Waals surface area contributed by atoms with E-state index in [-0.39, 0.29) is 16.7 Å². The van der Waals surface area contributed by atoms with Crippen molar-refractivity contribution in [1.82, 2.24) is 0 Å². The highest BCUT2D eigenvalue weighted by Gasteiger charge is 2.54. The number of hydrogen-bond acceptors (Lipinski definition) is 3. The molecule has 0 saturated heterocycles. The Labute approximate surface area is 154 Å². The van der Waals surface area contributed by atoms with Crippen LogP contribution in [0.2, 0.25) is 0 Å². The molecule has 3 aliphatic rings. The summed E-state index contributed by atoms with van der Waals surface area (Å²) >= 11 is 3.60. The van der Waals surface area contributed by atoms with E-state index in [9.17, 15) is 10.1 Å². The van der Waals surface area contributed by atoms with Crippen LogP contribution in [0, 0.1) is 27.9 Å². The molecule has 5 atom stereocenters. The summed E-state index contributed by atoms with van der Waals surface area (Å²) in [6.45, 7) is 0. The Hall–Kier alpha value is -1.88. The van der Waals surface area contributed by atoms with Gasteiger partial charge in [0.1, 0.15) is 0 Å². The molecule has 1 aliphatic heterocycles. The van der Waals surface area contributed by atoms with Gasteiger partial charge in [-0.05, 0) is 72.3 Å². The van der Waals surface area contributed by atoms with Crippen molar-refractivity contribution in [2.45, 2.75) is 31.2 Å². The normalized spacial score (nSPS) is 32.0. The molecule has 0 spiro atoms. The minimum Gasteiger partial charge on any atom is -0.378 e. The molecule has 0 aromatic heterocycles. The Bertz CT molecular complexity index is 869. The van der Waals surface area contributed by atoms with Crippen LogP contribution >= 0.6 is 15.9 Å². The maximum absolute atomic E-state index is 11.2. The minimum absolute atomic E-state index is 0.211. The number of nitrogens with zero attached hydrogens (tertiary/aromatic N) is 1. The van der Waals surface area contributed by atoms with Gasteiger partial charge in [-0.1, -0.05) is 28.1 Å². The number of fused-ring (bicyclic) bond motifs is 7. The standard InChI is InChI=1S/C20H19BrN2O2/c21-14-3-1-2-13(9-14)20-19-12-5-4-11(8-12)18(19)16-10-15(23(24)25)6-7-17(16)22-20/h1-3,6-7,9-12,18-20,22H,4-5,8H2/t11-,12-,18-,19+,20-/m0/s1. The van der Waals surface area contributed by atoms with Crippen LogP contribution in [0.15, 0.2) is 46.9 Å². The summed E-state index contributed by atoms with van der Waals surface area (Å²) in [5, 5.41) is 15.0. The summed E-state index contributed by atoms with van der Waals surface area (Å²) in [4.78, 5) is 11.0. The minimum atomic E-state index is -0.275. The summed E-state index contributed by atoms with van der Waals surface area (Å²) in [5.74, 6) is 2.37. The molecule has 2 saturated carbocycles. The predicted molar refractivity (Wildman–Crippen MR) is 101 cm³/mol. The number of anilines is 1. The maximum atomic E-state index is 11.2. The lowest BCUT2D eigenvalue weighted by Gasteiger charge is -2.43. The van der Waals surface area contributed by atoms with E-state index in [0.29, 0.717) is 17.8 Å². The van der Waals surface area contributed by atoms with Gasteiger partial charge in [0.25, 0.3) is 5.69 Å². The number of nitro groups is 1. The number of nitro benzene ring substituents is 1. The van der Waals surface area contributed by atoms with E-state index in [1.165, 1.54) is 24.8 Å². The van der Waals surface area contributed by atoms with E-state index in [2.05, 4.69) is 45.5 Å². The monoisotopic (exact) mass is 398 g/mol. The number of non-ortho nitro benzene ring substituents is 1. The summed E-state index contributed by atoms with van der Waals surface area (Å²) in [7, 11) is 0. The van der Waals surface area contributed by atoms with Gasteiger partial charge in [-0.15, -0.1) is 0 Å². The second-order valence-electron chi connectivity index (χ2n) is 7.64. The van der Waals surface area contributed by atoms with E-state index < -0.39 is 0 Å². The number of rotatable bonds is 2. The van der Waals surface area contributed by atoms with Crippen LogP contribution in [0.3, 0.4) is 0 Å². The predicted octanol–water partition coefficient (Wildman–Crippen LogP) is 5.65. The van der Waals surface area contributed by atoms with Gasteiger partial charge in [-0.3, -0.25) is 10.1 Å². The highest BCUT2D eigenvalue weighted by atomic mass is 79.9. The zero-order valence-electron chi connectivity index (χ0n) is 13.7. The molecule has 1 N–H and O–H groups in total. The first-order valence-electron chi connectivity index (χ1n) is 8.92. The summed E-state index contributed by atoms with van der Waals surface area (Å²) < 4.78 is 1.10. The molecule has 5 rings (SSSR count). The van der Waals surface area contributed by atoms with E-state index in [1.54, 1.807) is 6.07 Å². The third-order valence-electron chi connectivity index (χ3n) is 6.49. The first-order valence-corrected chi connectivity index (χ1v) is 9.71. The van der Waals surface area contributed by atoms with E-state index in [4.69, 9.17) is 0 Å². The third-order valence-corrected chi connectivity index (χ3v) is 6.98. The van der Waals surface area contributed by atoms with Gasteiger partial charge >= 0.3 is 0 Å². The van der Waals surface area contributed by atoms with Gasteiger partial charge in [-0.2, -0.15) is 0 Å². The van der Waals surface area contributed by atoms with Crippen molar-refractivity contribution in [3.05, 3.63) is 68.2 Å². The van der Waals surface area contributed by atoms with Crippen LogP contribution in [0.5, 0.6) is 0 Å². The number of hydrogen-bond donors (Lipinski definition) is 1. The summed E-state index contributed by atoms with van der Waals surface area (Å²) in [5.41, 5.74) is 3.76. The van der Waals surface area contributed by atoms with Gasteiger partial charge in [0.15, 0.2) is 0 Å². The van der Waals surface area contributed by atoms with Crippen molar-refractivity contribution >= 4 is 27.3 Å². The third kappa shape index (κ3) is 2.32. The van der Waals surface area contributed by atoms with Crippen LogP contribution in [0.25, 0.3) is 0 Å². The number of nitrogens with one attached hydrogen (secondary N) is 1. The Morgan fingerprint density at radius 3 is 2.76 bits per heavy atom. The van der Waals surface area contributed by atoms with Gasteiger partial charge in [0.05, 0.1) is 11.0 Å². The molecule has 2 bridgehead atoms. The van der Waals surface area contributed by atoms with Crippen LogP contribution in [0.1, 0.15) is 42.3 Å². The molecule has 0 unspecified atom stereocenters. The van der Waals surface area contributed by atoms with Crippen molar-refractivity contribution in [3.63, 3.8) is 0 Å². The summed E-state index contributed by atoms with van der Waals surface area (Å²) in [6, 6.07) is 14.2. The molecule has 5 heteroatoms. The van der Waals surface area contributed by atoms with E-state index in [0.717, 1.165) is 21.6 Å². The van der Waals surface area contributed by atoms with E-state index >= 15 is 0 Å². The molecule has 2 aromatic rings. The van der Waals surface area contributed by atoms with Crippen molar-refractivity contribution in [2.24, 2.45) is 17.8 Å². The van der Waals surface area contributed by atoms with E-state index in [1.807, 2.05) is 12.1 Å². The second-order valence-corrected chi connectivity index (χ2v) is 8.56. The van der Waals surface area contributed by atoms with Crippen molar-refractivity contribution in [2.75, 3.05) is 5.32 Å². The number of benzene rings is 2. The first kappa shape index (κ1) is 15.4. The van der Waals surface area contributed by atoms with Crippen LogP contribution in [-0.4, -0.2) is 4.92 Å². The SMILES string of the molecule is O=[N+]([O-])c1ccc2c(c1)[C@@H]1[C@H]3CC[C@@H](C3)[C@H]1[C@H](c1cccc(Br)c1)N2. The Kier molecular flexibility index (Phi) is 3.42. The summed E-state index contributed by atoms with van der Waals surface area (Å²) in [6.07, 6.45) is 3.82. The molecule has 2 aliphatic carbocycles.